The highest BCUT2D eigenvalue weighted by atomic mass is 16.6. The van der Waals surface area contributed by atoms with Gasteiger partial charge in [0.05, 0.1) is 0 Å². The zero-order valence-electron chi connectivity index (χ0n) is 48.9. The van der Waals surface area contributed by atoms with Crippen molar-refractivity contribution in [3.8, 4) is 0 Å². The highest BCUT2D eigenvalue weighted by Crippen LogP contribution is 2.18. The first-order valence-electron chi connectivity index (χ1n) is 32.1. The van der Waals surface area contributed by atoms with Crippen molar-refractivity contribution in [1.82, 2.24) is 0 Å². The van der Waals surface area contributed by atoms with Crippen LogP contribution >= 0.6 is 0 Å². The molecule has 0 heterocycles. The number of rotatable bonds is 59. The summed E-state index contributed by atoms with van der Waals surface area (Å²) in [5.41, 5.74) is 0. The quantitative estimate of drug-likeness (QED) is 0.0261. The predicted molar refractivity (Wildman–Crippen MR) is 316 cm³/mol. The number of carbonyl (C=O) groups is 3. The van der Waals surface area contributed by atoms with Crippen LogP contribution in [-0.4, -0.2) is 37.2 Å². The molecule has 73 heavy (non-hydrogen) atoms. The van der Waals surface area contributed by atoms with E-state index in [2.05, 4.69) is 63.3 Å². The molecule has 426 valence electrons. The molecule has 0 aromatic rings. The van der Waals surface area contributed by atoms with E-state index in [1.807, 2.05) is 6.08 Å². The van der Waals surface area contributed by atoms with Crippen LogP contribution in [0.2, 0.25) is 0 Å². The second kappa shape index (κ2) is 61.9. The molecule has 0 saturated heterocycles. The Kier molecular flexibility index (Phi) is 59.7. The van der Waals surface area contributed by atoms with Crippen LogP contribution in [0.5, 0.6) is 0 Å². The minimum atomic E-state index is -0.807. The van der Waals surface area contributed by atoms with E-state index in [4.69, 9.17) is 14.2 Å². The average molecular weight is 1020 g/mol. The summed E-state index contributed by atoms with van der Waals surface area (Å²) in [6, 6.07) is 0. The van der Waals surface area contributed by atoms with Crippen LogP contribution in [0.15, 0.2) is 48.6 Å². The van der Waals surface area contributed by atoms with Crippen LogP contribution in [0.1, 0.15) is 342 Å². The van der Waals surface area contributed by atoms with Crippen molar-refractivity contribution >= 4 is 17.9 Å². The zero-order valence-corrected chi connectivity index (χ0v) is 48.9. The SMILES string of the molecule is CC/C=C\C/C=C\C/C=C\C/C=C\CCC(=O)OC(COC(=O)CCCCCCCCCCCCC)COC(=O)CCCCCCCCCCCCCCCCCCCCCCCCCCCCCCCCC. The van der Waals surface area contributed by atoms with E-state index in [0.717, 1.165) is 64.2 Å². The van der Waals surface area contributed by atoms with Crippen molar-refractivity contribution in [3.05, 3.63) is 48.6 Å². The topological polar surface area (TPSA) is 78.9 Å². The minimum Gasteiger partial charge on any atom is -0.462 e. The average Bonchev–Trinajstić information content (AvgIpc) is 3.39. The molecule has 1 atom stereocenters. The highest BCUT2D eigenvalue weighted by molar-refractivity contribution is 5.71. The molecule has 1 unspecified atom stereocenters. The monoisotopic (exact) mass is 1020 g/mol. The molecule has 0 aromatic heterocycles. The molecule has 0 rings (SSSR count). The van der Waals surface area contributed by atoms with Crippen molar-refractivity contribution in [3.63, 3.8) is 0 Å². The first-order chi connectivity index (χ1) is 36.0. The molecule has 6 heteroatoms. The van der Waals surface area contributed by atoms with Gasteiger partial charge in [0.15, 0.2) is 6.10 Å². The molecule has 0 aliphatic rings. The molecule has 0 bridgehead atoms. The molecule has 0 aliphatic carbocycles. The van der Waals surface area contributed by atoms with Crippen LogP contribution in [-0.2, 0) is 28.6 Å². The van der Waals surface area contributed by atoms with E-state index in [0.29, 0.717) is 19.3 Å². The van der Waals surface area contributed by atoms with Gasteiger partial charge in [-0.1, -0.05) is 326 Å². The van der Waals surface area contributed by atoms with Gasteiger partial charge in [-0.25, -0.2) is 0 Å². The number of allylic oxidation sites excluding steroid dienone is 8. The van der Waals surface area contributed by atoms with Gasteiger partial charge >= 0.3 is 17.9 Å². The third-order valence-corrected chi connectivity index (χ3v) is 14.4. The molecule has 0 aliphatic heterocycles. The third kappa shape index (κ3) is 60.1. The standard InChI is InChI=1S/C67H122O6/c1-4-7-10-13-16-19-22-24-25-26-27-28-29-30-31-32-33-34-35-36-37-38-39-40-41-43-45-48-51-54-57-60-66(69)72-63-64(62-71-65(68)59-56-53-50-47-44-21-18-15-12-9-6-3)73-67(70)61-58-55-52-49-46-42-23-20-17-14-11-8-5-2/h8,11,17,20,42,46,52,55,64H,4-7,9-10,12-16,18-19,21-41,43-45,47-51,53-54,56-63H2,1-3H3/b11-8-,20-17-,46-42-,55-52-. The lowest BCUT2D eigenvalue weighted by Crippen LogP contribution is -2.30. The summed E-state index contributed by atoms with van der Waals surface area (Å²) < 4.78 is 16.8. The van der Waals surface area contributed by atoms with Crippen molar-refractivity contribution in [2.75, 3.05) is 13.2 Å². The van der Waals surface area contributed by atoms with Gasteiger partial charge in [-0.05, 0) is 44.9 Å². The molecule has 6 nitrogen and oxygen atoms in total. The Morgan fingerprint density at radius 3 is 0.808 bits per heavy atom. The lowest BCUT2D eigenvalue weighted by Gasteiger charge is -2.18. The van der Waals surface area contributed by atoms with Gasteiger partial charge in [0.1, 0.15) is 13.2 Å². The molecule has 0 amide bonds. The summed E-state index contributed by atoms with van der Waals surface area (Å²) in [6.45, 7) is 6.50. The molecule has 0 saturated carbocycles. The van der Waals surface area contributed by atoms with Gasteiger partial charge in [-0.15, -0.1) is 0 Å². The molecule has 0 N–H and O–H groups in total. The van der Waals surface area contributed by atoms with E-state index in [1.165, 1.54) is 231 Å². The number of hydrogen-bond acceptors (Lipinski definition) is 6. The van der Waals surface area contributed by atoms with Gasteiger partial charge in [0, 0.05) is 19.3 Å². The molecule has 0 spiro atoms. The lowest BCUT2D eigenvalue weighted by atomic mass is 10.0. The van der Waals surface area contributed by atoms with E-state index >= 15 is 0 Å². The molecule has 0 radical (unpaired) electrons. The number of hydrogen-bond donors (Lipinski definition) is 0. The third-order valence-electron chi connectivity index (χ3n) is 14.4. The van der Waals surface area contributed by atoms with Crippen LogP contribution in [0.3, 0.4) is 0 Å². The van der Waals surface area contributed by atoms with Gasteiger partial charge in [-0.2, -0.15) is 0 Å². The molecule has 0 fully saturated rings. The maximum Gasteiger partial charge on any atom is 0.306 e. The van der Waals surface area contributed by atoms with Crippen LogP contribution in [0.4, 0.5) is 0 Å². The Hall–Kier alpha value is -2.63. The normalized spacial score (nSPS) is 12.3. The fraction of sp³-hybridized carbons (Fsp3) is 0.836. The summed E-state index contributed by atoms with van der Waals surface area (Å²) in [4.78, 5) is 38.1. The Bertz CT molecular complexity index is 1270. The smallest absolute Gasteiger partial charge is 0.306 e. The Balaban J connectivity index is 4.08. The summed E-state index contributed by atoms with van der Waals surface area (Å²) in [7, 11) is 0. The lowest BCUT2D eigenvalue weighted by molar-refractivity contribution is -0.166. The van der Waals surface area contributed by atoms with E-state index in [-0.39, 0.29) is 37.5 Å². The van der Waals surface area contributed by atoms with Crippen LogP contribution in [0, 0.1) is 0 Å². The van der Waals surface area contributed by atoms with Gasteiger partial charge in [0.25, 0.3) is 0 Å². The van der Waals surface area contributed by atoms with E-state index < -0.39 is 6.10 Å². The number of unbranched alkanes of at least 4 members (excludes halogenated alkanes) is 40. The van der Waals surface area contributed by atoms with E-state index in [9.17, 15) is 14.4 Å². The summed E-state index contributed by atoms with van der Waals surface area (Å²) in [6.07, 6.45) is 77.4. The Morgan fingerprint density at radius 2 is 0.534 bits per heavy atom. The number of carbonyl (C=O) groups excluding carboxylic acids is 3. The first kappa shape index (κ1) is 70.4. The summed E-state index contributed by atoms with van der Waals surface area (Å²) in [5, 5.41) is 0. The predicted octanol–water partition coefficient (Wildman–Crippen LogP) is 21.8. The van der Waals surface area contributed by atoms with Crippen LogP contribution in [0.25, 0.3) is 0 Å². The number of ether oxygens (including phenoxy) is 3. The molecular weight excluding hydrogens is 901 g/mol. The maximum atomic E-state index is 12.8. The fourth-order valence-electron chi connectivity index (χ4n) is 9.58. The second-order valence-corrected chi connectivity index (χ2v) is 21.7. The fourth-order valence-corrected chi connectivity index (χ4v) is 9.58. The van der Waals surface area contributed by atoms with Crippen molar-refractivity contribution < 1.29 is 28.6 Å². The van der Waals surface area contributed by atoms with Crippen molar-refractivity contribution in [2.24, 2.45) is 0 Å². The van der Waals surface area contributed by atoms with Crippen molar-refractivity contribution in [1.29, 1.82) is 0 Å². The minimum absolute atomic E-state index is 0.0973. The zero-order chi connectivity index (χ0) is 52.9. The number of esters is 3. The first-order valence-corrected chi connectivity index (χ1v) is 32.1. The Labute approximate surface area is 454 Å². The van der Waals surface area contributed by atoms with Gasteiger partial charge in [0.2, 0.25) is 0 Å². The second-order valence-electron chi connectivity index (χ2n) is 21.7. The largest absolute Gasteiger partial charge is 0.462 e. The molecular formula is C67H122O6. The summed E-state index contributed by atoms with van der Waals surface area (Å²) >= 11 is 0. The van der Waals surface area contributed by atoms with Gasteiger partial charge in [-0.3, -0.25) is 14.4 Å². The Morgan fingerprint density at radius 1 is 0.288 bits per heavy atom. The molecule has 0 aromatic carbocycles. The van der Waals surface area contributed by atoms with Crippen LogP contribution < -0.4 is 0 Å². The van der Waals surface area contributed by atoms with Gasteiger partial charge < -0.3 is 14.2 Å². The maximum absolute atomic E-state index is 12.8. The van der Waals surface area contributed by atoms with Crippen molar-refractivity contribution in [2.45, 2.75) is 348 Å². The summed E-state index contributed by atoms with van der Waals surface area (Å²) in [5.74, 6) is -0.964. The van der Waals surface area contributed by atoms with E-state index in [1.54, 1.807) is 0 Å². The highest BCUT2D eigenvalue weighted by Gasteiger charge is 2.19.